The Labute approximate surface area is 248 Å². The van der Waals surface area contributed by atoms with Crippen molar-refractivity contribution in [3.8, 4) is 5.75 Å². The number of hydrogen-bond acceptors (Lipinski definition) is 6. The number of rotatable bonds is 13. The van der Waals surface area contributed by atoms with E-state index in [9.17, 15) is 29.4 Å². The number of benzene rings is 3. The topological polar surface area (TPSA) is 187 Å². The maximum Gasteiger partial charge on any atom is 0.326 e. The van der Waals surface area contributed by atoms with Crippen LogP contribution in [0.5, 0.6) is 5.75 Å². The predicted octanol–water partition coefficient (Wildman–Crippen LogP) is 1.79. The van der Waals surface area contributed by atoms with Crippen LogP contribution in [0.3, 0.4) is 0 Å². The molecule has 4 aromatic rings. The summed E-state index contributed by atoms with van der Waals surface area (Å²) < 4.78 is 0. The van der Waals surface area contributed by atoms with Gasteiger partial charge >= 0.3 is 5.97 Å². The maximum atomic E-state index is 13.7. The zero-order valence-corrected chi connectivity index (χ0v) is 23.6. The molecule has 3 aromatic carbocycles. The van der Waals surface area contributed by atoms with Crippen LogP contribution in [-0.2, 0) is 38.4 Å². The number of carbonyl (C=O) groups excluding carboxylic acids is 3. The van der Waals surface area contributed by atoms with Gasteiger partial charge in [0, 0.05) is 36.4 Å². The Bertz CT molecular complexity index is 1570. The molecular weight excluding hydrogens is 550 g/mol. The van der Waals surface area contributed by atoms with E-state index in [2.05, 4.69) is 20.9 Å². The second-order valence-electron chi connectivity index (χ2n) is 10.4. The molecule has 11 nitrogen and oxygen atoms in total. The summed E-state index contributed by atoms with van der Waals surface area (Å²) in [7, 11) is 0. The molecule has 0 fully saturated rings. The minimum absolute atomic E-state index is 0.0299. The highest BCUT2D eigenvalue weighted by atomic mass is 16.4. The number of fused-ring (bicyclic) bond motifs is 1. The highest BCUT2D eigenvalue weighted by Crippen LogP contribution is 2.20. The molecule has 0 saturated heterocycles. The number of carboxylic acid groups (broad SMARTS) is 1. The fourth-order valence-electron chi connectivity index (χ4n) is 4.70. The van der Waals surface area contributed by atoms with Gasteiger partial charge in [0.1, 0.15) is 23.9 Å². The molecule has 0 aliphatic carbocycles. The minimum atomic E-state index is -1.31. The number of phenolic OH excluding ortho intramolecular Hbond substituents is 1. The third-order valence-corrected chi connectivity index (χ3v) is 7.05. The van der Waals surface area contributed by atoms with Crippen LogP contribution in [0.2, 0.25) is 0 Å². The molecule has 0 radical (unpaired) electrons. The Morgan fingerprint density at radius 3 is 1.91 bits per heavy atom. The second-order valence-corrected chi connectivity index (χ2v) is 10.4. The van der Waals surface area contributed by atoms with E-state index in [-0.39, 0.29) is 25.0 Å². The molecule has 4 atom stereocenters. The molecule has 0 saturated carbocycles. The van der Waals surface area contributed by atoms with Crippen LogP contribution in [0.25, 0.3) is 10.9 Å². The summed E-state index contributed by atoms with van der Waals surface area (Å²) in [5, 5.41) is 28.3. The monoisotopic (exact) mass is 585 g/mol. The fraction of sp³-hybridized carbons (Fsp3) is 0.250. The largest absolute Gasteiger partial charge is 0.508 e. The highest BCUT2D eigenvalue weighted by molar-refractivity contribution is 5.95. The average Bonchev–Trinajstić information content (AvgIpc) is 3.40. The number of H-pyrrole nitrogens is 1. The van der Waals surface area contributed by atoms with Gasteiger partial charge in [0.25, 0.3) is 0 Å². The molecule has 3 amide bonds. The van der Waals surface area contributed by atoms with E-state index in [1.165, 1.54) is 19.1 Å². The van der Waals surface area contributed by atoms with Crippen molar-refractivity contribution in [3.05, 3.63) is 102 Å². The minimum Gasteiger partial charge on any atom is -0.508 e. The SMILES string of the molecule is CC(N)C(=O)NC(Cc1ccccc1)C(=O)NC(Cc1c[nH]c2ccccc12)C(=O)NC(Cc1ccc(O)cc1)C(=O)O. The van der Waals surface area contributed by atoms with E-state index < -0.39 is 47.9 Å². The quantitative estimate of drug-likeness (QED) is 0.125. The van der Waals surface area contributed by atoms with Gasteiger partial charge in [0.15, 0.2) is 0 Å². The van der Waals surface area contributed by atoms with Gasteiger partial charge in [-0.05, 0) is 41.8 Å². The smallest absolute Gasteiger partial charge is 0.326 e. The fourth-order valence-corrected chi connectivity index (χ4v) is 4.70. The molecule has 4 rings (SSSR count). The van der Waals surface area contributed by atoms with E-state index in [1.54, 1.807) is 18.3 Å². The molecule has 11 heteroatoms. The molecule has 0 aliphatic heterocycles. The summed E-state index contributed by atoms with van der Waals surface area (Å²) >= 11 is 0. The van der Waals surface area contributed by atoms with Crippen molar-refractivity contribution in [2.24, 2.45) is 5.73 Å². The molecule has 4 unspecified atom stereocenters. The van der Waals surface area contributed by atoms with E-state index in [1.807, 2.05) is 54.6 Å². The number of para-hydroxylation sites is 1. The average molecular weight is 586 g/mol. The maximum absolute atomic E-state index is 13.7. The third-order valence-electron chi connectivity index (χ3n) is 7.05. The number of aliphatic carboxylic acids is 1. The number of aromatic nitrogens is 1. The summed E-state index contributed by atoms with van der Waals surface area (Å²) in [5.74, 6) is -3.09. The van der Waals surface area contributed by atoms with Crippen molar-refractivity contribution in [1.29, 1.82) is 0 Å². The van der Waals surface area contributed by atoms with Gasteiger partial charge < -0.3 is 36.9 Å². The molecule has 0 spiro atoms. The molecule has 0 bridgehead atoms. The number of amides is 3. The number of carbonyl (C=O) groups is 4. The first kappa shape index (κ1) is 30.8. The Kier molecular flexibility index (Phi) is 10.1. The first-order valence-electron chi connectivity index (χ1n) is 13.9. The van der Waals surface area contributed by atoms with Gasteiger partial charge in [-0.3, -0.25) is 14.4 Å². The van der Waals surface area contributed by atoms with Gasteiger partial charge in [-0.1, -0.05) is 60.7 Å². The van der Waals surface area contributed by atoms with Crippen LogP contribution < -0.4 is 21.7 Å². The van der Waals surface area contributed by atoms with Gasteiger partial charge in [0.2, 0.25) is 17.7 Å². The Balaban J connectivity index is 1.60. The van der Waals surface area contributed by atoms with Crippen LogP contribution in [0, 0.1) is 0 Å². The number of nitrogens with two attached hydrogens (primary N) is 1. The number of phenols is 1. The van der Waals surface area contributed by atoms with Crippen molar-refractivity contribution in [2.45, 2.75) is 50.4 Å². The zero-order valence-electron chi connectivity index (χ0n) is 23.6. The van der Waals surface area contributed by atoms with Crippen LogP contribution >= 0.6 is 0 Å². The normalized spacial score (nSPS) is 13.8. The number of aromatic hydroxyl groups is 1. The Hall–Kier alpha value is -5.16. The molecule has 224 valence electrons. The number of carboxylic acids is 1. The van der Waals surface area contributed by atoms with Crippen molar-refractivity contribution >= 4 is 34.6 Å². The summed E-state index contributed by atoms with van der Waals surface area (Å²) in [6.07, 6.45) is 1.88. The lowest BCUT2D eigenvalue weighted by atomic mass is 10.0. The standard InChI is InChI=1S/C32H35N5O6/c1-19(33)29(39)35-26(15-20-7-3-2-4-8-20)30(40)36-27(17-22-18-34-25-10-6-5-9-24(22)25)31(41)37-28(32(42)43)16-21-11-13-23(38)14-12-21/h2-14,18-19,26-28,34,38H,15-17,33H2,1H3,(H,35,39)(H,36,40)(H,37,41)(H,42,43). The van der Waals surface area contributed by atoms with E-state index >= 15 is 0 Å². The lowest BCUT2D eigenvalue weighted by Gasteiger charge is -2.25. The molecule has 0 aliphatic rings. The Morgan fingerprint density at radius 2 is 1.26 bits per heavy atom. The molecule has 1 aromatic heterocycles. The first-order valence-corrected chi connectivity index (χ1v) is 13.9. The summed E-state index contributed by atoms with van der Waals surface area (Å²) in [6.45, 7) is 1.50. The van der Waals surface area contributed by atoms with Crippen LogP contribution in [-0.4, -0.2) is 63.1 Å². The lowest BCUT2D eigenvalue weighted by Crippen LogP contribution is -2.58. The van der Waals surface area contributed by atoms with Crippen molar-refractivity contribution < 1.29 is 29.4 Å². The van der Waals surface area contributed by atoms with Crippen molar-refractivity contribution in [2.75, 3.05) is 0 Å². The summed E-state index contributed by atoms with van der Waals surface area (Å²) in [6, 6.07) is 18.1. The Morgan fingerprint density at radius 1 is 0.721 bits per heavy atom. The lowest BCUT2D eigenvalue weighted by molar-refractivity contribution is -0.142. The number of nitrogens with one attached hydrogen (secondary N) is 4. The van der Waals surface area contributed by atoms with Gasteiger partial charge in [-0.2, -0.15) is 0 Å². The van der Waals surface area contributed by atoms with Crippen LogP contribution in [0.1, 0.15) is 23.6 Å². The highest BCUT2D eigenvalue weighted by Gasteiger charge is 2.31. The van der Waals surface area contributed by atoms with E-state index in [4.69, 9.17) is 5.73 Å². The van der Waals surface area contributed by atoms with Crippen LogP contribution in [0.4, 0.5) is 0 Å². The second kappa shape index (κ2) is 14.1. The number of aromatic amines is 1. The van der Waals surface area contributed by atoms with E-state index in [0.29, 0.717) is 5.56 Å². The van der Waals surface area contributed by atoms with Crippen LogP contribution in [0.15, 0.2) is 85.1 Å². The summed E-state index contributed by atoms with van der Waals surface area (Å²) in [4.78, 5) is 55.1. The zero-order chi connectivity index (χ0) is 30.9. The molecule has 43 heavy (non-hydrogen) atoms. The molecular formula is C32H35N5O6. The predicted molar refractivity (Wildman–Crippen MR) is 161 cm³/mol. The third kappa shape index (κ3) is 8.43. The van der Waals surface area contributed by atoms with E-state index in [0.717, 1.165) is 22.0 Å². The van der Waals surface area contributed by atoms with Crippen molar-refractivity contribution in [3.63, 3.8) is 0 Å². The van der Waals surface area contributed by atoms with Gasteiger partial charge in [0.05, 0.1) is 6.04 Å². The first-order chi connectivity index (χ1) is 20.6. The summed E-state index contributed by atoms with van der Waals surface area (Å²) in [5.41, 5.74) is 8.69. The number of hydrogen-bond donors (Lipinski definition) is 7. The van der Waals surface area contributed by atoms with Gasteiger partial charge in [-0.15, -0.1) is 0 Å². The van der Waals surface area contributed by atoms with Gasteiger partial charge in [-0.25, -0.2) is 4.79 Å². The van der Waals surface area contributed by atoms with Crippen molar-refractivity contribution in [1.82, 2.24) is 20.9 Å². The molecule has 1 heterocycles. The molecule has 8 N–H and O–H groups in total.